The second-order valence-electron chi connectivity index (χ2n) is 4.24. The van der Waals surface area contributed by atoms with Crippen LogP contribution in [0.1, 0.15) is 16.7 Å². The summed E-state index contributed by atoms with van der Waals surface area (Å²) in [4.78, 5) is 0. The van der Waals surface area contributed by atoms with E-state index < -0.39 is 5.82 Å². The van der Waals surface area contributed by atoms with Gasteiger partial charge in [-0.3, -0.25) is 0 Å². The molecule has 0 saturated carbocycles. The fourth-order valence-electron chi connectivity index (χ4n) is 1.75. The number of halogens is 2. The molecule has 2 aromatic rings. The maximum Gasteiger partial charge on any atom is 0.140 e. The third-order valence-corrected chi connectivity index (χ3v) is 3.07. The minimum Gasteiger partial charge on any atom is -0.381 e. The molecule has 2 rings (SSSR count). The molecule has 96 valence electrons. The van der Waals surface area contributed by atoms with Crippen molar-refractivity contribution in [1.29, 1.82) is 5.26 Å². The Labute approximate surface area is 116 Å². The van der Waals surface area contributed by atoms with Gasteiger partial charge in [0.05, 0.1) is 5.56 Å². The molecule has 0 saturated heterocycles. The highest BCUT2D eigenvalue weighted by Gasteiger charge is 2.04. The van der Waals surface area contributed by atoms with Crippen molar-refractivity contribution in [3.8, 4) is 6.07 Å². The zero-order chi connectivity index (χ0) is 13.8. The molecule has 4 heteroatoms. The number of nitrogens with zero attached hydrogens (tertiary/aromatic N) is 1. The van der Waals surface area contributed by atoms with Crippen molar-refractivity contribution >= 4 is 17.3 Å². The van der Waals surface area contributed by atoms with Crippen LogP contribution in [0.4, 0.5) is 10.1 Å². The van der Waals surface area contributed by atoms with Crippen LogP contribution >= 0.6 is 11.6 Å². The van der Waals surface area contributed by atoms with Crippen LogP contribution in [-0.2, 0) is 6.54 Å². The number of rotatable bonds is 3. The number of anilines is 1. The first-order chi connectivity index (χ1) is 9.10. The van der Waals surface area contributed by atoms with Crippen molar-refractivity contribution in [3.63, 3.8) is 0 Å². The molecule has 0 amide bonds. The summed E-state index contributed by atoms with van der Waals surface area (Å²) in [5, 5.41) is 12.7. The van der Waals surface area contributed by atoms with Crippen molar-refractivity contribution in [2.75, 3.05) is 5.32 Å². The van der Waals surface area contributed by atoms with Gasteiger partial charge in [0.15, 0.2) is 0 Å². The lowest BCUT2D eigenvalue weighted by Gasteiger charge is -2.10. The van der Waals surface area contributed by atoms with Gasteiger partial charge in [-0.25, -0.2) is 4.39 Å². The fraction of sp³-hybridized carbons (Fsp3) is 0.133. The molecule has 0 atom stereocenters. The second-order valence-corrected chi connectivity index (χ2v) is 4.68. The van der Waals surface area contributed by atoms with E-state index in [4.69, 9.17) is 16.9 Å². The van der Waals surface area contributed by atoms with Gasteiger partial charge in [0, 0.05) is 17.3 Å². The number of hydrogen-bond acceptors (Lipinski definition) is 2. The van der Waals surface area contributed by atoms with Crippen LogP contribution in [0.25, 0.3) is 0 Å². The number of nitrogens with one attached hydrogen (secondary N) is 1. The van der Waals surface area contributed by atoms with E-state index in [9.17, 15) is 4.39 Å². The molecule has 0 unspecified atom stereocenters. The Morgan fingerprint density at radius 3 is 2.79 bits per heavy atom. The highest BCUT2D eigenvalue weighted by molar-refractivity contribution is 6.30. The van der Waals surface area contributed by atoms with Gasteiger partial charge in [0.2, 0.25) is 0 Å². The van der Waals surface area contributed by atoms with Crippen LogP contribution in [-0.4, -0.2) is 0 Å². The van der Waals surface area contributed by atoms with Crippen molar-refractivity contribution in [1.82, 2.24) is 0 Å². The van der Waals surface area contributed by atoms with Gasteiger partial charge in [-0.15, -0.1) is 0 Å². The lowest BCUT2D eigenvalue weighted by atomic mass is 10.1. The van der Waals surface area contributed by atoms with Gasteiger partial charge >= 0.3 is 0 Å². The molecule has 0 radical (unpaired) electrons. The average Bonchev–Trinajstić information content (AvgIpc) is 2.41. The molecule has 19 heavy (non-hydrogen) atoms. The van der Waals surface area contributed by atoms with Gasteiger partial charge in [-0.05, 0) is 42.3 Å². The molecule has 1 N–H and O–H groups in total. The molecule has 0 aliphatic heterocycles. The molecule has 0 fully saturated rings. The van der Waals surface area contributed by atoms with Gasteiger partial charge in [-0.2, -0.15) is 5.26 Å². The summed E-state index contributed by atoms with van der Waals surface area (Å²) in [7, 11) is 0. The van der Waals surface area contributed by atoms with E-state index >= 15 is 0 Å². The summed E-state index contributed by atoms with van der Waals surface area (Å²) in [5.74, 6) is -0.495. The Kier molecular flexibility index (Phi) is 4.03. The highest BCUT2D eigenvalue weighted by Crippen LogP contribution is 2.21. The molecule has 0 aliphatic rings. The summed E-state index contributed by atoms with van der Waals surface area (Å²) in [6, 6.07) is 11.9. The lowest BCUT2D eigenvalue weighted by molar-refractivity contribution is 0.623. The standard InChI is InChI=1S/C15H12ClFN2/c1-10-2-4-13(16)7-15(10)19-9-11-3-5-14(17)12(6-11)8-18/h2-7,19H,9H2,1H3. The van der Waals surface area contributed by atoms with E-state index in [1.807, 2.05) is 31.2 Å². The van der Waals surface area contributed by atoms with Gasteiger partial charge in [0.25, 0.3) is 0 Å². The predicted molar refractivity (Wildman–Crippen MR) is 74.6 cm³/mol. The van der Waals surface area contributed by atoms with E-state index in [1.54, 1.807) is 12.1 Å². The van der Waals surface area contributed by atoms with Gasteiger partial charge in [0.1, 0.15) is 11.9 Å². The molecule has 2 aromatic carbocycles. The van der Waals surface area contributed by atoms with Gasteiger partial charge in [-0.1, -0.05) is 23.7 Å². The SMILES string of the molecule is Cc1ccc(Cl)cc1NCc1ccc(F)c(C#N)c1. The summed E-state index contributed by atoms with van der Waals surface area (Å²) in [5.41, 5.74) is 2.90. The average molecular weight is 275 g/mol. The third kappa shape index (κ3) is 3.24. The first kappa shape index (κ1) is 13.4. The van der Waals surface area contributed by atoms with E-state index in [0.717, 1.165) is 16.8 Å². The molecule has 2 nitrogen and oxygen atoms in total. The number of nitriles is 1. The minimum absolute atomic E-state index is 0.0575. The number of aryl methyl sites for hydroxylation is 1. The van der Waals surface area contributed by atoms with E-state index in [2.05, 4.69) is 5.32 Å². The molecule has 0 aliphatic carbocycles. The largest absolute Gasteiger partial charge is 0.381 e. The molecule has 0 heterocycles. The number of hydrogen-bond donors (Lipinski definition) is 1. The fourth-order valence-corrected chi connectivity index (χ4v) is 1.92. The second kappa shape index (κ2) is 5.73. The Morgan fingerprint density at radius 1 is 1.26 bits per heavy atom. The van der Waals surface area contributed by atoms with E-state index in [1.165, 1.54) is 6.07 Å². The molecular weight excluding hydrogens is 263 g/mol. The summed E-state index contributed by atoms with van der Waals surface area (Å²) in [6.07, 6.45) is 0. The molecular formula is C15H12ClFN2. The van der Waals surface area contributed by atoms with Crippen molar-refractivity contribution in [2.45, 2.75) is 13.5 Å². The third-order valence-electron chi connectivity index (χ3n) is 2.83. The van der Waals surface area contributed by atoms with Crippen LogP contribution in [0.2, 0.25) is 5.02 Å². The lowest BCUT2D eigenvalue weighted by Crippen LogP contribution is -2.01. The maximum atomic E-state index is 13.2. The highest BCUT2D eigenvalue weighted by atomic mass is 35.5. The van der Waals surface area contributed by atoms with Crippen LogP contribution in [0.3, 0.4) is 0 Å². The topological polar surface area (TPSA) is 35.8 Å². The first-order valence-corrected chi connectivity index (χ1v) is 6.16. The molecule has 0 bridgehead atoms. The quantitative estimate of drug-likeness (QED) is 0.907. The Morgan fingerprint density at radius 2 is 2.05 bits per heavy atom. The first-order valence-electron chi connectivity index (χ1n) is 5.78. The van der Waals surface area contributed by atoms with E-state index in [-0.39, 0.29) is 5.56 Å². The zero-order valence-electron chi connectivity index (χ0n) is 10.4. The van der Waals surface area contributed by atoms with Crippen molar-refractivity contribution in [2.24, 2.45) is 0 Å². The summed E-state index contributed by atoms with van der Waals surface area (Å²) < 4.78 is 13.2. The Bertz CT molecular complexity index is 647. The van der Waals surface area contributed by atoms with Crippen LogP contribution < -0.4 is 5.32 Å². The molecule has 0 aromatic heterocycles. The minimum atomic E-state index is -0.495. The van der Waals surface area contributed by atoms with Crippen LogP contribution in [0, 0.1) is 24.1 Å². The van der Waals surface area contributed by atoms with Crippen molar-refractivity contribution in [3.05, 3.63) is 63.9 Å². The van der Waals surface area contributed by atoms with Crippen LogP contribution in [0.5, 0.6) is 0 Å². The Balaban J connectivity index is 2.15. The Hall–Kier alpha value is -2.05. The van der Waals surface area contributed by atoms with Crippen molar-refractivity contribution < 1.29 is 4.39 Å². The zero-order valence-corrected chi connectivity index (χ0v) is 11.1. The number of benzene rings is 2. The van der Waals surface area contributed by atoms with Crippen LogP contribution in [0.15, 0.2) is 36.4 Å². The van der Waals surface area contributed by atoms with E-state index in [0.29, 0.717) is 11.6 Å². The summed E-state index contributed by atoms with van der Waals surface area (Å²) in [6.45, 7) is 2.49. The molecule has 0 spiro atoms. The predicted octanol–water partition coefficient (Wildman–Crippen LogP) is 4.27. The monoisotopic (exact) mass is 274 g/mol. The summed E-state index contributed by atoms with van der Waals surface area (Å²) >= 11 is 5.93. The smallest absolute Gasteiger partial charge is 0.140 e. The van der Waals surface area contributed by atoms with Gasteiger partial charge < -0.3 is 5.32 Å². The maximum absolute atomic E-state index is 13.2. The normalized spacial score (nSPS) is 10.0.